The SMILES string of the molecule is CCCNC(c1ccc2c(c1)CCO2)C1CCCS1. The molecule has 1 fully saturated rings. The molecule has 2 unspecified atom stereocenters. The predicted octanol–water partition coefficient (Wildman–Crippen LogP) is 3.56. The molecule has 0 saturated carbocycles. The van der Waals surface area contributed by atoms with Crippen molar-refractivity contribution in [3.63, 3.8) is 0 Å². The lowest BCUT2D eigenvalue weighted by molar-refractivity contribution is 0.356. The van der Waals surface area contributed by atoms with Gasteiger partial charge in [-0.15, -0.1) is 0 Å². The van der Waals surface area contributed by atoms with Crippen LogP contribution in [0.25, 0.3) is 0 Å². The molecule has 1 N–H and O–H groups in total. The summed E-state index contributed by atoms with van der Waals surface area (Å²) in [7, 11) is 0. The smallest absolute Gasteiger partial charge is 0.122 e. The van der Waals surface area contributed by atoms with E-state index >= 15 is 0 Å². The van der Waals surface area contributed by atoms with Gasteiger partial charge in [0.05, 0.1) is 6.61 Å². The Morgan fingerprint density at radius 3 is 3.21 bits per heavy atom. The van der Waals surface area contributed by atoms with Crippen LogP contribution in [0.4, 0.5) is 0 Å². The zero-order valence-electron chi connectivity index (χ0n) is 11.7. The molecular formula is C16H23NOS. The van der Waals surface area contributed by atoms with Gasteiger partial charge in [0.25, 0.3) is 0 Å². The van der Waals surface area contributed by atoms with Crippen molar-refractivity contribution in [1.82, 2.24) is 5.32 Å². The van der Waals surface area contributed by atoms with Gasteiger partial charge in [-0.3, -0.25) is 0 Å². The number of rotatable bonds is 5. The lowest BCUT2D eigenvalue weighted by atomic mass is 9.98. The molecule has 0 bridgehead atoms. The van der Waals surface area contributed by atoms with Crippen LogP contribution in [0.3, 0.4) is 0 Å². The molecule has 104 valence electrons. The van der Waals surface area contributed by atoms with E-state index < -0.39 is 0 Å². The van der Waals surface area contributed by atoms with Crippen molar-refractivity contribution >= 4 is 11.8 Å². The van der Waals surface area contributed by atoms with Crippen LogP contribution in [0, 0.1) is 0 Å². The maximum absolute atomic E-state index is 5.61. The lowest BCUT2D eigenvalue weighted by Crippen LogP contribution is -2.29. The van der Waals surface area contributed by atoms with E-state index in [1.54, 1.807) is 0 Å². The highest BCUT2D eigenvalue weighted by atomic mass is 32.2. The highest BCUT2D eigenvalue weighted by Crippen LogP contribution is 2.37. The number of hydrogen-bond acceptors (Lipinski definition) is 3. The highest BCUT2D eigenvalue weighted by molar-refractivity contribution is 8.00. The van der Waals surface area contributed by atoms with Crippen molar-refractivity contribution in [2.24, 2.45) is 0 Å². The van der Waals surface area contributed by atoms with Gasteiger partial charge in [-0.2, -0.15) is 11.8 Å². The fraction of sp³-hybridized carbons (Fsp3) is 0.625. The van der Waals surface area contributed by atoms with E-state index in [1.165, 1.54) is 36.1 Å². The van der Waals surface area contributed by atoms with Crippen LogP contribution < -0.4 is 10.1 Å². The molecule has 19 heavy (non-hydrogen) atoms. The van der Waals surface area contributed by atoms with E-state index in [4.69, 9.17) is 4.74 Å². The van der Waals surface area contributed by atoms with Gasteiger partial charge in [0.2, 0.25) is 0 Å². The van der Waals surface area contributed by atoms with Crippen LogP contribution in [0.15, 0.2) is 18.2 Å². The van der Waals surface area contributed by atoms with Gasteiger partial charge >= 0.3 is 0 Å². The molecule has 2 nitrogen and oxygen atoms in total. The quantitative estimate of drug-likeness (QED) is 0.889. The zero-order valence-corrected chi connectivity index (χ0v) is 12.5. The standard InChI is InChI=1S/C16H23NOS/c1-2-8-17-16(15-4-3-10-19-15)13-5-6-14-12(11-13)7-9-18-14/h5-6,11,15-17H,2-4,7-10H2,1H3. The van der Waals surface area contributed by atoms with Gasteiger partial charge in [-0.25, -0.2) is 0 Å². The summed E-state index contributed by atoms with van der Waals surface area (Å²) in [5.74, 6) is 2.42. The third kappa shape index (κ3) is 2.92. The molecular weight excluding hydrogens is 254 g/mol. The van der Waals surface area contributed by atoms with E-state index in [9.17, 15) is 0 Å². The Morgan fingerprint density at radius 2 is 2.42 bits per heavy atom. The van der Waals surface area contributed by atoms with E-state index in [2.05, 4.69) is 42.2 Å². The summed E-state index contributed by atoms with van der Waals surface area (Å²) < 4.78 is 5.61. The number of ether oxygens (including phenoxy) is 1. The first kappa shape index (κ1) is 13.3. The van der Waals surface area contributed by atoms with Crippen molar-refractivity contribution in [1.29, 1.82) is 0 Å². The summed E-state index contributed by atoms with van der Waals surface area (Å²) >= 11 is 2.14. The Morgan fingerprint density at radius 1 is 1.47 bits per heavy atom. The summed E-state index contributed by atoms with van der Waals surface area (Å²) in [4.78, 5) is 0. The monoisotopic (exact) mass is 277 g/mol. The predicted molar refractivity (Wildman–Crippen MR) is 82.2 cm³/mol. The zero-order chi connectivity index (χ0) is 13.1. The Kier molecular flexibility index (Phi) is 4.34. The van der Waals surface area contributed by atoms with Crippen molar-refractivity contribution in [3.8, 4) is 5.75 Å². The molecule has 3 rings (SSSR count). The molecule has 0 aliphatic carbocycles. The van der Waals surface area contributed by atoms with Gasteiger partial charge in [0, 0.05) is 17.7 Å². The molecule has 2 aliphatic rings. The molecule has 0 amide bonds. The van der Waals surface area contributed by atoms with Crippen LogP contribution in [0.5, 0.6) is 5.75 Å². The Balaban J connectivity index is 1.81. The molecule has 1 aromatic carbocycles. The average molecular weight is 277 g/mol. The average Bonchev–Trinajstić information content (AvgIpc) is 3.09. The highest BCUT2D eigenvalue weighted by Gasteiger charge is 2.27. The van der Waals surface area contributed by atoms with Crippen LogP contribution in [0.1, 0.15) is 43.4 Å². The maximum atomic E-state index is 5.61. The Labute approximate surface area is 120 Å². The molecule has 2 atom stereocenters. The van der Waals surface area contributed by atoms with Crippen LogP contribution in [-0.4, -0.2) is 24.2 Å². The summed E-state index contributed by atoms with van der Waals surface area (Å²) in [6.45, 7) is 4.20. The van der Waals surface area contributed by atoms with Crippen molar-refractivity contribution in [2.45, 2.75) is 43.9 Å². The molecule has 1 saturated heterocycles. The van der Waals surface area contributed by atoms with Gasteiger partial charge in [-0.1, -0.05) is 19.1 Å². The normalized spacial score (nSPS) is 23.1. The second-order valence-corrected chi connectivity index (χ2v) is 6.80. The van der Waals surface area contributed by atoms with E-state index in [0.717, 1.165) is 30.6 Å². The summed E-state index contributed by atoms with van der Waals surface area (Å²) in [5.41, 5.74) is 2.85. The van der Waals surface area contributed by atoms with Crippen molar-refractivity contribution < 1.29 is 4.74 Å². The number of hydrogen-bond donors (Lipinski definition) is 1. The maximum Gasteiger partial charge on any atom is 0.122 e. The molecule has 0 spiro atoms. The van der Waals surface area contributed by atoms with E-state index in [1.807, 2.05) is 0 Å². The lowest BCUT2D eigenvalue weighted by Gasteiger charge is -2.25. The van der Waals surface area contributed by atoms with Crippen LogP contribution >= 0.6 is 11.8 Å². The largest absolute Gasteiger partial charge is 0.493 e. The topological polar surface area (TPSA) is 21.3 Å². The molecule has 0 radical (unpaired) electrons. The number of benzene rings is 1. The van der Waals surface area contributed by atoms with Gasteiger partial charge in [0.15, 0.2) is 0 Å². The minimum absolute atomic E-state index is 0.512. The molecule has 0 aromatic heterocycles. The first-order valence-electron chi connectivity index (χ1n) is 7.49. The molecule has 2 heterocycles. The fourth-order valence-electron chi connectivity index (χ4n) is 3.03. The van der Waals surface area contributed by atoms with Crippen molar-refractivity contribution in [2.75, 3.05) is 18.9 Å². The Bertz CT molecular complexity index is 429. The van der Waals surface area contributed by atoms with Crippen molar-refractivity contribution in [3.05, 3.63) is 29.3 Å². The van der Waals surface area contributed by atoms with Gasteiger partial charge < -0.3 is 10.1 Å². The second kappa shape index (κ2) is 6.19. The Hall–Kier alpha value is -0.670. The van der Waals surface area contributed by atoms with E-state index in [-0.39, 0.29) is 0 Å². The number of nitrogens with one attached hydrogen (secondary N) is 1. The first-order valence-corrected chi connectivity index (χ1v) is 8.54. The van der Waals surface area contributed by atoms with Gasteiger partial charge in [0.1, 0.15) is 5.75 Å². The molecule has 2 aliphatic heterocycles. The molecule has 3 heteroatoms. The number of fused-ring (bicyclic) bond motifs is 1. The first-order chi connectivity index (χ1) is 9.38. The third-order valence-electron chi connectivity index (χ3n) is 4.02. The van der Waals surface area contributed by atoms with E-state index in [0.29, 0.717) is 6.04 Å². The van der Waals surface area contributed by atoms with Crippen LogP contribution in [-0.2, 0) is 6.42 Å². The third-order valence-corrected chi connectivity index (χ3v) is 5.48. The minimum Gasteiger partial charge on any atom is -0.493 e. The van der Waals surface area contributed by atoms with Gasteiger partial charge in [-0.05, 0) is 48.8 Å². The molecule has 1 aromatic rings. The summed E-state index contributed by atoms with van der Waals surface area (Å²) in [5, 5.41) is 4.50. The summed E-state index contributed by atoms with van der Waals surface area (Å²) in [6, 6.07) is 7.31. The number of thioether (sulfide) groups is 1. The second-order valence-electron chi connectivity index (χ2n) is 5.45. The fourth-order valence-corrected chi connectivity index (χ4v) is 4.44. The summed E-state index contributed by atoms with van der Waals surface area (Å²) in [6.07, 6.45) is 4.98. The van der Waals surface area contributed by atoms with Crippen LogP contribution in [0.2, 0.25) is 0 Å². The minimum atomic E-state index is 0.512.